The van der Waals surface area contributed by atoms with Crippen molar-refractivity contribution in [1.82, 2.24) is 14.9 Å². The monoisotopic (exact) mass is 588 g/mol. The van der Waals surface area contributed by atoms with Crippen LogP contribution in [0.4, 0.5) is 5.95 Å². The molecule has 2 aromatic carbocycles. The van der Waals surface area contributed by atoms with E-state index in [2.05, 4.69) is 42.2 Å². The molecule has 36 heavy (non-hydrogen) atoms. The molecule has 8 nitrogen and oxygen atoms in total. The third kappa shape index (κ3) is 6.26. The van der Waals surface area contributed by atoms with E-state index in [0.717, 1.165) is 37.1 Å². The highest BCUT2D eigenvalue weighted by Gasteiger charge is 2.22. The molecule has 1 aliphatic heterocycles. The standard InChI is InChI=1S/C25H23BrCl2N6O2/c1-14-8-15(11-29)9-21(28)22(14)36-24-19(26)12-31-25(33-24)32-18-4-6-34(7-5-18)13-17-3-2-16(23(30)35)10-20(17)27/h2-3,8-10,12,18H,4-7,13H2,1H3,(H2,30,35)(H,31,32,33). The lowest BCUT2D eigenvalue weighted by molar-refractivity contribution is 0.1000. The van der Waals surface area contributed by atoms with Gasteiger partial charge in [0.05, 0.1) is 27.3 Å². The van der Waals surface area contributed by atoms with E-state index >= 15 is 0 Å². The predicted molar refractivity (Wildman–Crippen MR) is 143 cm³/mol. The number of likely N-dealkylation sites (tertiary alicyclic amines) is 1. The van der Waals surface area contributed by atoms with Gasteiger partial charge in [0, 0.05) is 36.3 Å². The molecular formula is C25H23BrCl2N6O2. The van der Waals surface area contributed by atoms with Crippen molar-refractivity contribution >= 4 is 51.0 Å². The number of aryl methyl sites for hydroxylation is 1. The van der Waals surface area contributed by atoms with Crippen LogP contribution in [0.2, 0.25) is 10.0 Å². The number of piperidine rings is 1. The Kier molecular flexibility index (Phi) is 8.32. The highest BCUT2D eigenvalue weighted by atomic mass is 79.9. The number of benzene rings is 2. The molecule has 3 aromatic rings. The van der Waals surface area contributed by atoms with Crippen LogP contribution in [-0.2, 0) is 6.54 Å². The number of nitriles is 1. The van der Waals surface area contributed by atoms with Gasteiger partial charge in [-0.15, -0.1) is 0 Å². The lowest BCUT2D eigenvalue weighted by Gasteiger charge is -2.32. The van der Waals surface area contributed by atoms with Gasteiger partial charge < -0.3 is 15.8 Å². The molecule has 0 bridgehead atoms. The fraction of sp³-hybridized carbons (Fsp3) is 0.280. The number of halogens is 3. The van der Waals surface area contributed by atoms with E-state index in [4.69, 9.17) is 38.9 Å². The molecule has 1 saturated heterocycles. The summed E-state index contributed by atoms with van der Waals surface area (Å²) in [5.41, 5.74) is 7.88. The minimum Gasteiger partial charge on any atom is -0.436 e. The Hall–Kier alpha value is -2.90. The Morgan fingerprint density at radius 3 is 2.67 bits per heavy atom. The summed E-state index contributed by atoms with van der Waals surface area (Å²) in [5.74, 6) is 0.735. The van der Waals surface area contributed by atoms with E-state index in [1.165, 1.54) is 0 Å². The van der Waals surface area contributed by atoms with Crippen LogP contribution in [0.25, 0.3) is 0 Å². The molecule has 1 amide bonds. The highest BCUT2D eigenvalue weighted by Crippen LogP contribution is 2.36. The number of nitrogens with one attached hydrogen (secondary N) is 1. The van der Waals surface area contributed by atoms with Crippen LogP contribution in [0, 0.1) is 18.3 Å². The van der Waals surface area contributed by atoms with E-state index in [-0.39, 0.29) is 6.04 Å². The topological polar surface area (TPSA) is 117 Å². The average molecular weight is 590 g/mol. The van der Waals surface area contributed by atoms with Crippen molar-refractivity contribution in [3.63, 3.8) is 0 Å². The normalized spacial score (nSPS) is 14.3. The Morgan fingerprint density at radius 1 is 1.28 bits per heavy atom. The van der Waals surface area contributed by atoms with Crippen molar-refractivity contribution in [2.24, 2.45) is 5.73 Å². The molecule has 186 valence electrons. The van der Waals surface area contributed by atoms with Crippen molar-refractivity contribution in [3.8, 4) is 17.7 Å². The number of nitrogens with zero attached hydrogens (tertiary/aromatic N) is 4. The van der Waals surface area contributed by atoms with Crippen molar-refractivity contribution in [2.75, 3.05) is 18.4 Å². The molecule has 0 spiro atoms. The number of hydrogen-bond donors (Lipinski definition) is 2. The van der Waals surface area contributed by atoms with Crippen LogP contribution < -0.4 is 15.8 Å². The van der Waals surface area contributed by atoms with Crippen LogP contribution in [-0.4, -0.2) is 39.9 Å². The van der Waals surface area contributed by atoms with Crippen molar-refractivity contribution in [3.05, 3.63) is 73.3 Å². The molecule has 1 aliphatic rings. The summed E-state index contributed by atoms with van der Waals surface area (Å²) in [6.07, 6.45) is 3.42. The Morgan fingerprint density at radius 2 is 2.03 bits per heavy atom. The fourth-order valence-electron chi connectivity index (χ4n) is 4.00. The van der Waals surface area contributed by atoms with Gasteiger partial charge in [0.1, 0.15) is 0 Å². The first kappa shape index (κ1) is 26.2. The fourth-order valence-corrected chi connectivity index (χ4v) is 4.82. The third-order valence-electron chi connectivity index (χ3n) is 5.92. The molecule has 0 aliphatic carbocycles. The van der Waals surface area contributed by atoms with Crippen molar-refractivity contribution in [1.29, 1.82) is 5.26 Å². The summed E-state index contributed by atoms with van der Waals surface area (Å²) in [4.78, 5) is 22.5. The van der Waals surface area contributed by atoms with Gasteiger partial charge in [0.25, 0.3) is 0 Å². The van der Waals surface area contributed by atoms with Crippen LogP contribution in [0.5, 0.6) is 11.6 Å². The lowest BCUT2D eigenvalue weighted by atomic mass is 10.0. The number of primary amides is 1. The van der Waals surface area contributed by atoms with Gasteiger partial charge in [0.2, 0.25) is 17.7 Å². The second kappa shape index (κ2) is 11.4. The van der Waals surface area contributed by atoms with Gasteiger partial charge >= 0.3 is 0 Å². The van der Waals surface area contributed by atoms with E-state index in [1.807, 2.05) is 13.0 Å². The first-order valence-corrected chi connectivity index (χ1v) is 12.8. The zero-order valence-corrected chi connectivity index (χ0v) is 22.5. The van der Waals surface area contributed by atoms with Gasteiger partial charge in [-0.1, -0.05) is 29.3 Å². The zero-order valence-electron chi connectivity index (χ0n) is 19.4. The van der Waals surface area contributed by atoms with Gasteiger partial charge in [-0.05, 0) is 71.1 Å². The van der Waals surface area contributed by atoms with Crippen LogP contribution in [0.1, 0.15) is 39.9 Å². The molecular weight excluding hydrogens is 567 g/mol. The van der Waals surface area contributed by atoms with E-state index in [1.54, 1.807) is 30.5 Å². The van der Waals surface area contributed by atoms with Gasteiger partial charge in [-0.2, -0.15) is 10.2 Å². The maximum absolute atomic E-state index is 11.3. The van der Waals surface area contributed by atoms with Gasteiger partial charge in [-0.25, -0.2) is 4.98 Å². The second-order valence-corrected chi connectivity index (χ2v) is 10.2. The first-order valence-electron chi connectivity index (χ1n) is 11.2. The lowest BCUT2D eigenvalue weighted by Crippen LogP contribution is -2.39. The number of anilines is 1. The SMILES string of the molecule is Cc1cc(C#N)cc(Cl)c1Oc1nc(NC2CCN(Cc3ccc(C(N)=O)cc3Cl)CC2)ncc1Br. The molecule has 11 heteroatoms. The number of ether oxygens (including phenoxy) is 1. The number of carbonyl (C=O) groups is 1. The molecule has 4 rings (SSSR count). The number of hydrogen-bond acceptors (Lipinski definition) is 7. The number of carbonyl (C=O) groups excluding carboxylic acids is 1. The number of rotatable bonds is 7. The summed E-state index contributed by atoms with van der Waals surface area (Å²) in [6, 6.07) is 10.7. The summed E-state index contributed by atoms with van der Waals surface area (Å²) in [6.45, 7) is 4.25. The number of aromatic nitrogens is 2. The Labute approximate surface area is 227 Å². The van der Waals surface area contributed by atoms with Crippen LogP contribution in [0.15, 0.2) is 41.0 Å². The maximum atomic E-state index is 11.3. The number of nitrogens with two attached hydrogens (primary N) is 1. The number of amides is 1. The molecule has 1 fully saturated rings. The summed E-state index contributed by atoms with van der Waals surface area (Å²) < 4.78 is 6.57. The Bertz CT molecular complexity index is 1320. The average Bonchev–Trinajstić information content (AvgIpc) is 2.85. The van der Waals surface area contributed by atoms with E-state index in [0.29, 0.717) is 49.8 Å². The van der Waals surface area contributed by atoms with Crippen molar-refractivity contribution < 1.29 is 9.53 Å². The molecule has 0 radical (unpaired) electrons. The zero-order chi connectivity index (χ0) is 25.8. The van der Waals surface area contributed by atoms with Crippen LogP contribution >= 0.6 is 39.1 Å². The molecule has 0 saturated carbocycles. The predicted octanol–water partition coefficient (Wildman–Crippen LogP) is 5.69. The first-order chi connectivity index (χ1) is 17.2. The summed E-state index contributed by atoms with van der Waals surface area (Å²) in [5, 5.41) is 13.4. The quantitative estimate of drug-likeness (QED) is 0.363. The van der Waals surface area contributed by atoms with E-state index < -0.39 is 5.91 Å². The molecule has 1 aromatic heterocycles. The molecule has 3 N–H and O–H groups in total. The summed E-state index contributed by atoms with van der Waals surface area (Å²) >= 11 is 16.1. The molecule has 0 atom stereocenters. The highest BCUT2D eigenvalue weighted by molar-refractivity contribution is 9.10. The molecule has 2 heterocycles. The maximum Gasteiger partial charge on any atom is 0.248 e. The van der Waals surface area contributed by atoms with E-state index in [9.17, 15) is 4.79 Å². The van der Waals surface area contributed by atoms with Crippen molar-refractivity contribution in [2.45, 2.75) is 32.4 Å². The minimum atomic E-state index is -0.491. The van der Waals surface area contributed by atoms with Gasteiger partial charge in [0.15, 0.2) is 5.75 Å². The smallest absolute Gasteiger partial charge is 0.248 e. The van der Waals surface area contributed by atoms with Gasteiger partial charge in [-0.3, -0.25) is 9.69 Å². The summed E-state index contributed by atoms with van der Waals surface area (Å²) in [7, 11) is 0. The second-order valence-electron chi connectivity index (χ2n) is 8.53. The largest absolute Gasteiger partial charge is 0.436 e. The third-order valence-corrected chi connectivity index (χ3v) is 7.10. The molecule has 0 unspecified atom stereocenters. The minimum absolute atomic E-state index is 0.197. The van der Waals surface area contributed by atoms with Crippen LogP contribution in [0.3, 0.4) is 0 Å². The Balaban J connectivity index is 1.37.